The lowest BCUT2D eigenvalue weighted by Gasteiger charge is -2.08. The van der Waals surface area contributed by atoms with Crippen LogP contribution in [-0.2, 0) is 0 Å². The number of nitrogens with one attached hydrogen (secondary N) is 1. The minimum absolute atomic E-state index is 0.348. The van der Waals surface area contributed by atoms with E-state index in [0.717, 1.165) is 0 Å². The average molecular weight is 184 g/mol. The number of hydrogen-bond acceptors (Lipinski definition) is 1. The normalized spacial score (nSPS) is 17.9. The highest BCUT2D eigenvalue weighted by molar-refractivity contribution is 5.53. The summed E-state index contributed by atoms with van der Waals surface area (Å²) in [6.45, 7) is 0. The van der Waals surface area contributed by atoms with Gasteiger partial charge in [0, 0.05) is 11.9 Å². The third-order valence-electron chi connectivity index (χ3n) is 2.87. The van der Waals surface area contributed by atoms with E-state index in [9.17, 15) is 0 Å². The summed E-state index contributed by atoms with van der Waals surface area (Å²) in [5.74, 6) is 0. The van der Waals surface area contributed by atoms with E-state index >= 15 is 0 Å². The van der Waals surface area contributed by atoms with E-state index in [1.165, 1.54) is 16.9 Å². The first-order valence-electron chi connectivity index (χ1n) is 4.85. The first kappa shape index (κ1) is 7.83. The fourth-order valence-corrected chi connectivity index (χ4v) is 2.26. The molecule has 3 rings (SSSR count). The van der Waals surface area contributed by atoms with Crippen LogP contribution in [0.25, 0.3) is 5.69 Å². The van der Waals surface area contributed by atoms with Crippen LogP contribution in [0.4, 0.5) is 0 Å². The van der Waals surface area contributed by atoms with Crippen LogP contribution < -0.4 is 5.32 Å². The van der Waals surface area contributed by atoms with E-state index in [2.05, 4.69) is 52.5 Å². The molecule has 2 heterocycles. The third kappa shape index (κ3) is 0.836. The van der Waals surface area contributed by atoms with Gasteiger partial charge in [0.15, 0.2) is 0 Å². The zero-order chi connectivity index (χ0) is 9.54. The number of benzene rings is 1. The smallest absolute Gasteiger partial charge is 0.0752 e. The lowest BCUT2D eigenvalue weighted by molar-refractivity contribution is 0.693. The summed E-state index contributed by atoms with van der Waals surface area (Å²) in [7, 11) is 2.00. The van der Waals surface area contributed by atoms with Crippen LogP contribution in [0.2, 0.25) is 0 Å². The predicted molar refractivity (Wildman–Crippen MR) is 56.7 cm³/mol. The second-order valence-corrected chi connectivity index (χ2v) is 3.58. The van der Waals surface area contributed by atoms with Crippen LogP contribution in [0, 0.1) is 0 Å². The van der Waals surface area contributed by atoms with Crippen LogP contribution in [0.3, 0.4) is 0 Å². The Kier molecular flexibility index (Phi) is 1.52. The van der Waals surface area contributed by atoms with E-state index in [0.29, 0.717) is 6.04 Å². The van der Waals surface area contributed by atoms with Gasteiger partial charge in [-0.15, -0.1) is 0 Å². The molecule has 0 bridgehead atoms. The molecule has 1 aliphatic heterocycles. The Morgan fingerprint density at radius 2 is 2.00 bits per heavy atom. The molecule has 1 N–H and O–H groups in total. The van der Waals surface area contributed by atoms with Crippen molar-refractivity contribution in [3.8, 4) is 5.69 Å². The SMILES string of the molecule is CNC1c2ccccc2-n2cccc21. The number of fused-ring (bicyclic) bond motifs is 3. The molecule has 0 fully saturated rings. The average Bonchev–Trinajstić information content (AvgIpc) is 2.77. The molecular formula is C12H12N2. The molecule has 2 heteroatoms. The van der Waals surface area contributed by atoms with Crippen molar-refractivity contribution in [2.75, 3.05) is 7.05 Å². The summed E-state index contributed by atoms with van der Waals surface area (Å²) in [5, 5.41) is 3.34. The summed E-state index contributed by atoms with van der Waals surface area (Å²) < 4.78 is 2.25. The zero-order valence-corrected chi connectivity index (χ0v) is 8.07. The number of hydrogen-bond donors (Lipinski definition) is 1. The molecule has 0 saturated heterocycles. The molecule has 14 heavy (non-hydrogen) atoms. The van der Waals surface area contributed by atoms with Crippen molar-refractivity contribution in [2.24, 2.45) is 0 Å². The minimum atomic E-state index is 0.348. The lowest BCUT2D eigenvalue weighted by Crippen LogP contribution is -2.14. The third-order valence-corrected chi connectivity index (χ3v) is 2.87. The topological polar surface area (TPSA) is 17.0 Å². The Morgan fingerprint density at radius 1 is 1.14 bits per heavy atom. The minimum Gasteiger partial charge on any atom is -0.319 e. The van der Waals surface area contributed by atoms with Gasteiger partial charge in [0.2, 0.25) is 0 Å². The summed E-state index contributed by atoms with van der Waals surface area (Å²) >= 11 is 0. The van der Waals surface area contributed by atoms with E-state index < -0.39 is 0 Å². The van der Waals surface area contributed by atoms with Gasteiger partial charge in [-0.1, -0.05) is 18.2 Å². The maximum absolute atomic E-state index is 3.34. The van der Waals surface area contributed by atoms with Gasteiger partial charge in [-0.3, -0.25) is 0 Å². The van der Waals surface area contributed by atoms with Crippen molar-refractivity contribution in [1.29, 1.82) is 0 Å². The molecule has 0 amide bonds. The van der Waals surface area contributed by atoms with Crippen LogP contribution in [0.5, 0.6) is 0 Å². The van der Waals surface area contributed by atoms with Crippen LogP contribution in [-0.4, -0.2) is 11.6 Å². The van der Waals surface area contributed by atoms with Crippen molar-refractivity contribution in [1.82, 2.24) is 9.88 Å². The van der Waals surface area contributed by atoms with Crippen molar-refractivity contribution in [2.45, 2.75) is 6.04 Å². The number of aromatic nitrogens is 1. The Morgan fingerprint density at radius 3 is 2.86 bits per heavy atom. The number of rotatable bonds is 1. The molecule has 0 spiro atoms. The van der Waals surface area contributed by atoms with E-state index in [4.69, 9.17) is 0 Å². The van der Waals surface area contributed by atoms with Crippen molar-refractivity contribution in [3.63, 3.8) is 0 Å². The maximum atomic E-state index is 3.34. The molecule has 70 valence electrons. The van der Waals surface area contributed by atoms with Gasteiger partial charge in [-0.25, -0.2) is 0 Å². The highest BCUT2D eigenvalue weighted by Gasteiger charge is 2.25. The van der Waals surface area contributed by atoms with E-state index in [1.54, 1.807) is 0 Å². The fraction of sp³-hybridized carbons (Fsp3) is 0.167. The maximum Gasteiger partial charge on any atom is 0.0752 e. The first-order chi connectivity index (χ1) is 6.92. The predicted octanol–water partition coefficient (Wildman–Crippen LogP) is 2.10. The summed E-state index contributed by atoms with van der Waals surface area (Å²) in [6.07, 6.45) is 2.12. The molecule has 1 aliphatic rings. The van der Waals surface area contributed by atoms with Gasteiger partial charge in [0.05, 0.1) is 11.7 Å². The Hall–Kier alpha value is -1.54. The Bertz CT molecular complexity index is 471. The summed E-state index contributed by atoms with van der Waals surface area (Å²) in [4.78, 5) is 0. The molecule has 0 aliphatic carbocycles. The van der Waals surface area contributed by atoms with Crippen molar-refractivity contribution < 1.29 is 0 Å². The van der Waals surface area contributed by atoms with Gasteiger partial charge < -0.3 is 9.88 Å². The van der Waals surface area contributed by atoms with Gasteiger partial charge >= 0.3 is 0 Å². The highest BCUT2D eigenvalue weighted by atomic mass is 15.1. The molecule has 1 atom stereocenters. The van der Waals surface area contributed by atoms with E-state index in [1.807, 2.05) is 7.05 Å². The second kappa shape index (κ2) is 2.72. The van der Waals surface area contributed by atoms with Gasteiger partial charge in [0.1, 0.15) is 0 Å². The van der Waals surface area contributed by atoms with Crippen LogP contribution >= 0.6 is 0 Å². The highest BCUT2D eigenvalue weighted by Crippen LogP contribution is 2.35. The van der Waals surface area contributed by atoms with Gasteiger partial charge in [-0.05, 0) is 30.8 Å². The lowest BCUT2D eigenvalue weighted by atomic mass is 10.1. The molecule has 1 unspecified atom stereocenters. The fourth-order valence-electron chi connectivity index (χ4n) is 2.26. The second-order valence-electron chi connectivity index (χ2n) is 3.58. The molecule has 1 aromatic carbocycles. The molecule has 0 radical (unpaired) electrons. The number of para-hydroxylation sites is 1. The van der Waals surface area contributed by atoms with Gasteiger partial charge in [0.25, 0.3) is 0 Å². The molecule has 1 aromatic heterocycles. The first-order valence-corrected chi connectivity index (χ1v) is 4.85. The Labute approximate surface area is 83.2 Å². The van der Waals surface area contributed by atoms with Crippen molar-refractivity contribution >= 4 is 0 Å². The molecular weight excluding hydrogens is 172 g/mol. The summed E-state index contributed by atoms with van der Waals surface area (Å²) in [6, 6.07) is 13.1. The number of nitrogens with zero attached hydrogens (tertiary/aromatic N) is 1. The quantitative estimate of drug-likeness (QED) is 0.718. The molecule has 2 nitrogen and oxygen atoms in total. The monoisotopic (exact) mass is 184 g/mol. The van der Waals surface area contributed by atoms with Crippen LogP contribution in [0.1, 0.15) is 17.3 Å². The van der Waals surface area contributed by atoms with Crippen LogP contribution in [0.15, 0.2) is 42.6 Å². The molecule has 2 aromatic rings. The standard InChI is InChI=1S/C12H12N2/c1-13-12-9-5-2-3-6-10(9)14-8-4-7-11(12)14/h2-8,12-13H,1H3. The molecule has 0 saturated carbocycles. The van der Waals surface area contributed by atoms with E-state index in [-0.39, 0.29) is 0 Å². The largest absolute Gasteiger partial charge is 0.319 e. The van der Waals surface area contributed by atoms with Crippen molar-refractivity contribution in [3.05, 3.63) is 53.9 Å². The van der Waals surface area contributed by atoms with Gasteiger partial charge in [-0.2, -0.15) is 0 Å². The Balaban J connectivity index is 2.30. The summed E-state index contributed by atoms with van der Waals surface area (Å²) in [5.41, 5.74) is 3.99. The zero-order valence-electron chi connectivity index (χ0n) is 8.07.